The maximum absolute atomic E-state index is 4.52. The van der Waals surface area contributed by atoms with E-state index in [9.17, 15) is 0 Å². The number of hydrogen-bond donors (Lipinski definition) is 2. The molecule has 1 aromatic carbocycles. The lowest BCUT2D eigenvalue weighted by Crippen LogP contribution is -2.08. The van der Waals surface area contributed by atoms with Crippen molar-refractivity contribution in [2.75, 3.05) is 19.3 Å². The van der Waals surface area contributed by atoms with Crippen LogP contribution < -0.4 is 5.32 Å². The molecule has 0 spiro atoms. The summed E-state index contributed by atoms with van der Waals surface area (Å²) in [5.74, 6) is 1.66. The fraction of sp³-hybridized carbons (Fsp3) is 0.357. The number of thioether (sulfide) groups is 1. The minimum atomic E-state index is 0.546. The van der Waals surface area contributed by atoms with Crippen LogP contribution in [0.3, 0.4) is 0 Å². The lowest BCUT2D eigenvalue weighted by atomic mass is 10.1. The third-order valence-corrected chi connectivity index (χ3v) is 4.19. The Kier molecular flexibility index (Phi) is 3.39. The molecule has 0 aliphatic carbocycles. The average Bonchev–Trinajstić information content (AvgIpc) is 3.09. The van der Waals surface area contributed by atoms with E-state index >= 15 is 0 Å². The van der Waals surface area contributed by atoms with Crippen molar-refractivity contribution in [1.29, 1.82) is 0 Å². The van der Waals surface area contributed by atoms with Crippen molar-refractivity contribution in [3.63, 3.8) is 0 Å². The maximum Gasteiger partial charge on any atom is 0.110 e. The molecule has 0 amide bonds. The molecule has 3 rings (SSSR count). The molecule has 1 unspecified atom stereocenters. The number of imidazole rings is 1. The largest absolute Gasteiger partial charge is 0.342 e. The first-order valence-corrected chi connectivity index (χ1v) is 7.49. The van der Waals surface area contributed by atoms with Crippen LogP contribution in [0.5, 0.6) is 0 Å². The average molecular weight is 259 g/mol. The summed E-state index contributed by atoms with van der Waals surface area (Å²) in [5.41, 5.74) is 2.32. The maximum atomic E-state index is 4.52. The summed E-state index contributed by atoms with van der Waals surface area (Å²) in [5, 5.41) is 3.37. The van der Waals surface area contributed by atoms with E-state index in [1.54, 1.807) is 11.8 Å². The number of aromatic nitrogens is 2. The van der Waals surface area contributed by atoms with E-state index in [0.29, 0.717) is 5.92 Å². The van der Waals surface area contributed by atoms with Gasteiger partial charge < -0.3 is 10.3 Å². The molecule has 0 bridgehead atoms. The van der Waals surface area contributed by atoms with Crippen LogP contribution in [0.15, 0.2) is 35.4 Å². The van der Waals surface area contributed by atoms with Gasteiger partial charge in [0.2, 0.25) is 0 Å². The van der Waals surface area contributed by atoms with E-state index in [0.717, 1.165) is 24.6 Å². The molecule has 4 heteroatoms. The molecule has 2 aromatic rings. The molecule has 18 heavy (non-hydrogen) atoms. The molecular weight excluding hydrogens is 242 g/mol. The van der Waals surface area contributed by atoms with E-state index in [2.05, 4.69) is 45.8 Å². The van der Waals surface area contributed by atoms with Gasteiger partial charge in [0.25, 0.3) is 0 Å². The summed E-state index contributed by atoms with van der Waals surface area (Å²) >= 11 is 1.76. The van der Waals surface area contributed by atoms with Gasteiger partial charge in [0, 0.05) is 17.4 Å². The Labute approximate surface area is 111 Å². The third-order valence-electron chi connectivity index (χ3n) is 3.44. The van der Waals surface area contributed by atoms with Gasteiger partial charge in [0.15, 0.2) is 0 Å². The second-order valence-corrected chi connectivity index (χ2v) is 5.48. The van der Waals surface area contributed by atoms with E-state index in [1.807, 2.05) is 6.20 Å². The lowest BCUT2D eigenvalue weighted by Gasteiger charge is -2.03. The molecule has 1 aliphatic rings. The second kappa shape index (κ2) is 5.16. The molecular formula is C14H17N3S. The van der Waals surface area contributed by atoms with Crippen LogP contribution in [-0.4, -0.2) is 29.3 Å². The highest BCUT2D eigenvalue weighted by Gasteiger charge is 2.19. The van der Waals surface area contributed by atoms with Crippen molar-refractivity contribution in [3.05, 3.63) is 36.3 Å². The van der Waals surface area contributed by atoms with Gasteiger partial charge in [0.1, 0.15) is 5.82 Å². The van der Waals surface area contributed by atoms with Crippen molar-refractivity contribution in [2.45, 2.75) is 17.2 Å². The van der Waals surface area contributed by atoms with Crippen LogP contribution in [0.4, 0.5) is 0 Å². The van der Waals surface area contributed by atoms with Crippen molar-refractivity contribution >= 4 is 11.8 Å². The fourth-order valence-corrected chi connectivity index (χ4v) is 2.76. The number of rotatable bonds is 3. The zero-order valence-corrected chi connectivity index (χ0v) is 11.3. The number of benzene rings is 1. The zero-order valence-electron chi connectivity index (χ0n) is 10.4. The molecule has 3 nitrogen and oxygen atoms in total. The minimum absolute atomic E-state index is 0.546. The highest BCUT2D eigenvalue weighted by atomic mass is 32.2. The van der Waals surface area contributed by atoms with Crippen LogP contribution in [0.25, 0.3) is 11.3 Å². The predicted molar refractivity (Wildman–Crippen MR) is 76.0 cm³/mol. The molecule has 1 saturated heterocycles. The Morgan fingerprint density at radius 1 is 1.28 bits per heavy atom. The van der Waals surface area contributed by atoms with Crippen LogP contribution in [0, 0.1) is 0 Å². The predicted octanol–water partition coefficient (Wildman–Crippen LogP) is 2.88. The van der Waals surface area contributed by atoms with E-state index in [4.69, 9.17) is 0 Å². The van der Waals surface area contributed by atoms with Gasteiger partial charge >= 0.3 is 0 Å². The highest BCUT2D eigenvalue weighted by molar-refractivity contribution is 7.98. The summed E-state index contributed by atoms with van der Waals surface area (Å²) in [6, 6.07) is 8.60. The van der Waals surface area contributed by atoms with Gasteiger partial charge in [-0.2, -0.15) is 0 Å². The number of H-pyrrole nitrogens is 1. The standard InChI is InChI=1S/C14H17N3S/c1-18-12-4-2-10(3-5-12)13-9-16-14(17-13)11-6-7-15-8-11/h2-5,9,11,15H,6-8H2,1H3,(H,16,17). The Hall–Kier alpha value is -1.26. The Morgan fingerprint density at radius 3 is 2.78 bits per heavy atom. The summed E-state index contributed by atoms with van der Waals surface area (Å²) in [6.07, 6.45) is 5.22. The van der Waals surface area contributed by atoms with Gasteiger partial charge in [-0.25, -0.2) is 4.98 Å². The molecule has 2 heterocycles. The number of aromatic amines is 1. The molecule has 1 aromatic heterocycles. The monoisotopic (exact) mass is 259 g/mol. The second-order valence-electron chi connectivity index (χ2n) is 4.60. The highest BCUT2D eigenvalue weighted by Crippen LogP contribution is 2.25. The van der Waals surface area contributed by atoms with Gasteiger partial charge in [-0.1, -0.05) is 12.1 Å². The van der Waals surface area contributed by atoms with Crippen LogP contribution in [0.2, 0.25) is 0 Å². The van der Waals surface area contributed by atoms with Crippen LogP contribution in [0.1, 0.15) is 18.2 Å². The number of nitrogens with one attached hydrogen (secondary N) is 2. The van der Waals surface area contributed by atoms with Crippen molar-refractivity contribution in [1.82, 2.24) is 15.3 Å². The molecule has 94 valence electrons. The zero-order chi connectivity index (χ0) is 12.4. The lowest BCUT2D eigenvalue weighted by molar-refractivity contribution is 0.715. The fourth-order valence-electron chi connectivity index (χ4n) is 2.35. The molecule has 1 aliphatic heterocycles. The van der Waals surface area contributed by atoms with Crippen LogP contribution >= 0.6 is 11.8 Å². The topological polar surface area (TPSA) is 40.7 Å². The van der Waals surface area contributed by atoms with Gasteiger partial charge in [0.05, 0.1) is 11.9 Å². The molecule has 1 fully saturated rings. The summed E-state index contributed by atoms with van der Waals surface area (Å²) in [4.78, 5) is 9.26. The summed E-state index contributed by atoms with van der Waals surface area (Å²) in [7, 11) is 0. The number of hydrogen-bond acceptors (Lipinski definition) is 3. The van der Waals surface area contributed by atoms with E-state index < -0.39 is 0 Å². The third kappa shape index (κ3) is 2.31. The molecule has 0 saturated carbocycles. The van der Waals surface area contributed by atoms with Gasteiger partial charge in [-0.3, -0.25) is 0 Å². The molecule has 1 atom stereocenters. The Balaban J connectivity index is 1.82. The Bertz CT molecular complexity index is 512. The first-order chi connectivity index (χ1) is 8.86. The SMILES string of the molecule is CSc1ccc(-c2cnc(C3CCNC3)[nH]2)cc1. The first kappa shape index (κ1) is 11.8. The normalized spacial score (nSPS) is 19.3. The quantitative estimate of drug-likeness (QED) is 0.833. The summed E-state index contributed by atoms with van der Waals surface area (Å²) in [6.45, 7) is 2.14. The smallest absolute Gasteiger partial charge is 0.110 e. The molecule has 2 N–H and O–H groups in total. The van der Waals surface area contributed by atoms with E-state index in [1.165, 1.54) is 16.9 Å². The van der Waals surface area contributed by atoms with Gasteiger partial charge in [-0.05, 0) is 36.9 Å². The Morgan fingerprint density at radius 2 is 2.11 bits per heavy atom. The van der Waals surface area contributed by atoms with E-state index in [-0.39, 0.29) is 0 Å². The van der Waals surface area contributed by atoms with Crippen molar-refractivity contribution in [2.24, 2.45) is 0 Å². The minimum Gasteiger partial charge on any atom is -0.342 e. The van der Waals surface area contributed by atoms with Gasteiger partial charge in [-0.15, -0.1) is 11.8 Å². The van der Waals surface area contributed by atoms with Crippen molar-refractivity contribution < 1.29 is 0 Å². The number of nitrogens with zero attached hydrogens (tertiary/aromatic N) is 1. The van der Waals surface area contributed by atoms with Crippen LogP contribution in [-0.2, 0) is 0 Å². The van der Waals surface area contributed by atoms with Crippen molar-refractivity contribution in [3.8, 4) is 11.3 Å². The summed E-state index contributed by atoms with van der Waals surface area (Å²) < 4.78 is 0. The first-order valence-electron chi connectivity index (χ1n) is 6.27. The molecule has 0 radical (unpaired) electrons.